The first kappa shape index (κ1) is 18.4. The Morgan fingerprint density at radius 3 is 2.77 bits per heavy atom. The quantitative estimate of drug-likeness (QED) is 0.547. The zero-order valence-corrected chi connectivity index (χ0v) is 15.7. The van der Waals surface area contributed by atoms with Gasteiger partial charge >= 0.3 is 0 Å². The van der Waals surface area contributed by atoms with Crippen molar-refractivity contribution in [2.75, 3.05) is 13.7 Å². The van der Waals surface area contributed by atoms with Crippen LogP contribution in [0.2, 0.25) is 0 Å². The SMILES string of the molecule is CN(C(=O)c1ccc2ocnc2c1)[C@@H]1COCc2[nH]c(=O)c3cc(F)c(F)cc3c21. The predicted octanol–water partition coefficient (Wildman–Crippen LogP) is 3.29. The Morgan fingerprint density at radius 2 is 1.97 bits per heavy atom. The molecule has 1 N–H and O–H groups in total. The number of nitrogens with one attached hydrogen (secondary N) is 1. The summed E-state index contributed by atoms with van der Waals surface area (Å²) in [5, 5.41) is 0.275. The fourth-order valence-electron chi connectivity index (χ4n) is 3.88. The van der Waals surface area contributed by atoms with E-state index in [1.807, 2.05) is 0 Å². The van der Waals surface area contributed by atoms with Gasteiger partial charge in [-0.2, -0.15) is 0 Å². The molecule has 5 rings (SSSR count). The van der Waals surface area contributed by atoms with Gasteiger partial charge in [0.25, 0.3) is 11.5 Å². The Labute approximate surface area is 167 Å². The fourth-order valence-corrected chi connectivity index (χ4v) is 3.88. The summed E-state index contributed by atoms with van der Waals surface area (Å²) in [4.78, 5) is 33.7. The zero-order valence-electron chi connectivity index (χ0n) is 15.7. The molecular weight excluding hydrogens is 396 g/mol. The van der Waals surface area contributed by atoms with E-state index in [0.717, 1.165) is 12.1 Å². The van der Waals surface area contributed by atoms with Crippen LogP contribution in [0.15, 0.2) is 45.9 Å². The lowest BCUT2D eigenvalue weighted by molar-refractivity contribution is 0.0336. The van der Waals surface area contributed by atoms with Crippen molar-refractivity contribution in [3.63, 3.8) is 0 Å². The summed E-state index contributed by atoms with van der Waals surface area (Å²) in [6.45, 7) is 0.241. The maximum atomic E-state index is 14.0. The fraction of sp³-hybridized carbons (Fsp3) is 0.190. The van der Waals surface area contributed by atoms with E-state index in [1.54, 1.807) is 25.2 Å². The van der Waals surface area contributed by atoms with Crippen LogP contribution in [0.5, 0.6) is 0 Å². The Hall–Kier alpha value is -3.59. The average molecular weight is 411 g/mol. The van der Waals surface area contributed by atoms with E-state index in [1.165, 1.54) is 11.3 Å². The number of halogens is 2. The number of aromatic amines is 1. The summed E-state index contributed by atoms with van der Waals surface area (Å²) < 4.78 is 38.5. The van der Waals surface area contributed by atoms with Gasteiger partial charge in [-0.3, -0.25) is 9.59 Å². The van der Waals surface area contributed by atoms with Crippen molar-refractivity contribution in [1.82, 2.24) is 14.9 Å². The summed E-state index contributed by atoms with van der Waals surface area (Å²) in [6.07, 6.45) is 1.30. The monoisotopic (exact) mass is 411 g/mol. The Kier molecular flexibility index (Phi) is 4.14. The highest BCUT2D eigenvalue weighted by molar-refractivity contribution is 5.97. The number of fused-ring (bicyclic) bond motifs is 4. The number of hydrogen-bond acceptors (Lipinski definition) is 5. The molecule has 1 atom stereocenters. The normalized spacial score (nSPS) is 16.0. The van der Waals surface area contributed by atoms with E-state index in [4.69, 9.17) is 9.15 Å². The van der Waals surface area contributed by atoms with Gasteiger partial charge in [-0.05, 0) is 35.7 Å². The molecule has 2 aromatic heterocycles. The van der Waals surface area contributed by atoms with Crippen LogP contribution in [0.1, 0.15) is 27.7 Å². The van der Waals surface area contributed by atoms with E-state index in [-0.39, 0.29) is 29.9 Å². The topological polar surface area (TPSA) is 88.4 Å². The lowest BCUT2D eigenvalue weighted by atomic mass is 9.95. The molecule has 0 saturated carbocycles. The number of carbonyl (C=O) groups is 1. The first-order valence-corrected chi connectivity index (χ1v) is 9.16. The van der Waals surface area contributed by atoms with E-state index in [0.29, 0.717) is 27.9 Å². The molecule has 0 unspecified atom stereocenters. The van der Waals surface area contributed by atoms with Gasteiger partial charge in [0, 0.05) is 23.9 Å². The van der Waals surface area contributed by atoms with E-state index < -0.39 is 23.2 Å². The van der Waals surface area contributed by atoms with Gasteiger partial charge < -0.3 is 19.0 Å². The molecule has 1 amide bonds. The summed E-state index contributed by atoms with van der Waals surface area (Å²) in [5.41, 5.74) is 1.91. The third-order valence-electron chi connectivity index (χ3n) is 5.41. The molecule has 0 radical (unpaired) electrons. The first-order valence-electron chi connectivity index (χ1n) is 9.16. The zero-order chi connectivity index (χ0) is 21.0. The number of hydrogen-bond donors (Lipinski definition) is 1. The van der Waals surface area contributed by atoms with Crippen LogP contribution in [0.25, 0.3) is 21.9 Å². The maximum absolute atomic E-state index is 14.0. The van der Waals surface area contributed by atoms with Crippen LogP contribution < -0.4 is 5.56 Å². The largest absolute Gasteiger partial charge is 0.443 e. The van der Waals surface area contributed by atoms with Gasteiger partial charge in [0.1, 0.15) is 5.52 Å². The molecule has 9 heteroatoms. The highest BCUT2D eigenvalue weighted by atomic mass is 19.2. The molecule has 0 bridgehead atoms. The van der Waals surface area contributed by atoms with E-state index in [2.05, 4.69) is 9.97 Å². The molecule has 3 heterocycles. The third kappa shape index (κ3) is 2.78. The number of amides is 1. The number of likely N-dealkylation sites (N-methyl/N-ethyl adjacent to an activating group) is 1. The molecule has 0 aliphatic carbocycles. The average Bonchev–Trinajstić information content (AvgIpc) is 3.21. The molecule has 2 aromatic carbocycles. The molecule has 7 nitrogen and oxygen atoms in total. The van der Waals surface area contributed by atoms with Crippen molar-refractivity contribution >= 4 is 27.8 Å². The number of pyridine rings is 1. The second-order valence-corrected chi connectivity index (χ2v) is 7.14. The predicted molar refractivity (Wildman–Crippen MR) is 103 cm³/mol. The number of rotatable bonds is 2. The summed E-state index contributed by atoms with van der Waals surface area (Å²) in [7, 11) is 1.59. The second-order valence-electron chi connectivity index (χ2n) is 7.14. The number of oxazole rings is 1. The summed E-state index contributed by atoms with van der Waals surface area (Å²) in [6, 6.07) is 6.14. The van der Waals surface area contributed by atoms with Crippen molar-refractivity contribution in [2.24, 2.45) is 0 Å². The van der Waals surface area contributed by atoms with Crippen molar-refractivity contribution in [2.45, 2.75) is 12.6 Å². The van der Waals surface area contributed by atoms with Crippen molar-refractivity contribution in [3.05, 3.63) is 75.5 Å². The van der Waals surface area contributed by atoms with E-state index in [9.17, 15) is 18.4 Å². The lowest BCUT2D eigenvalue weighted by Gasteiger charge is -2.33. The second kappa shape index (κ2) is 6.74. The summed E-state index contributed by atoms with van der Waals surface area (Å²) in [5.74, 6) is -2.49. The lowest BCUT2D eigenvalue weighted by Crippen LogP contribution is -2.37. The standard InChI is InChI=1S/C21H15F2N3O4/c1-26(21(28)10-2-3-18-15(4-10)24-9-30-18)17-8-29-7-16-19(17)11-5-13(22)14(23)6-12(11)20(27)25-16/h2-6,9,17H,7-8H2,1H3,(H,25,27)/t17-/m1/s1. The van der Waals surface area contributed by atoms with Crippen molar-refractivity contribution in [3.8, 4) is 0 Å². The molecule has 4 aromatic rings. The number of ether oxygens (including phenoxy) is 1. The Bertz CT molecular complexity index is 1380. The maximum Gasteiger partial charge on any atom is 0.256 e. The number of benzene rings is 2. The van der Waals surface area contributed by atoms with Gasteiger partial charge in [0.05, 0.1) is 24.6 Å². The molecular formula is C21H15F2N3O4. The van der Waals surface area contributed by atoms with Gasteiger partial charge in [0.15, 0.2) is 23.6 Å². The number of aromatic nitrogens is 2. The van der Waals surface area contributed by atoms with Crippen LogP contribution in [0, 0.1) is 11.6 Å². The molecule has 30 heavy (non-hydrogen) atoms. The van der Waals surface area contributed by atoms with Crippen LogP contribution in [0.4, 0.5) is 8.78 Å². The van der Waals surface area contributed by atoms with Gasteiger partial charge in [0.2, 0.25) is 0 Å². The van der Waals surface area contributed by atoms with Crippen LogP contribution >= 0.6 is 0 Å². The minimum absolute atomic E-state index is 0.0180. The molecule has 0 saturated heterocycles. The van der Waals surface area contributed by atoms with Gasteiger partial charge in [-0.15, -0.1) is 0 Å². The van der Waals surface area contributed by atoms with Gasteiger partial charge in [-0.25, -0.2) is 13.8 Å². The molecule has 1 aliphatic heterocycles. The first-order chi connectivity index (χ1) is 14.4. The van der Waals surface area contributed by atoms with Crippen molar-refractivity contribution in [1.29, 1.82) is 0 Å². The molecule has 0 spiro atoms. The highest BCUT2D eigenvalue weighted by Crippen LogP contribution is 2.34. The minimum Gasteiger partial charge on any atom is -0.443 e. The van der Waals surface area contributed by atoms with Crippen molar-refractivity contribution < 1.29 is 22.7 Å². The van der Waals surface area contributed by atoms with Gasteiger partial charge in [-0.1, -0.05) is 0 Å². The number of carbonyl (C=O) groups excluding carboxylic acids is 1. The summed E-state index contributed by atoms with van der Waals surface area (Å²) >= 11 is 0. The smallest absolute Gasteiger partial charge is 0.256 e. The molecule has 1 aliphatic rings. The third-order valence-corrected chi connectivity index (χ3v) is 5.41. The highest BCUT2D eigenvalue weighted by Gasteiger charge is 2.31. The molecule has 152 valence electrons. The number of H-pyrrole nitrogens is 1. The van der Waals surface area contributed by atoms with Crippen LogP contribution in [-0.2, 0) is 11.3 Å². The van der Waals surface area contributed by atoms with E-state index >= 15 is 0 Å². The Balaban J connectivity index is 1.62. The molecule has 0 fully saturated rings. The number of nitrogens with zero attached hydrogens (tertiary/aromatic N) is 2. The minimum atomic E-state index is -1.11. The Morgan fingerprint density at radius 1 is 1.20 bits per heavy atom. The van der Waals surface area contributed by atoms with Crippen LogP contribution in [0.3, 0.4) is 0 Å². The van der Waals surface area contributed by atoms with Crippen LogP contribution in [-0.4, -0.2) is 34.4 Å².